The van der Waals surface area contributed by atoms with Gasteiger partial charge in [0.1, 0.15) is 5.88 Å². The lowest BCUT2D eigenvalue weighted by molar-refractivity contribution is 0.197. The van der Waals surface area contributed by atoms with Gasteiger partial charge in [-0.2, -0.15) is 9.78 Å². The van der Waals surface area contributed by atoms with E-state index in [1.807, 2.05) is 11.8 Å². The molecule has 1 aromatic heterocycles. The van der Waals surface area contributed by atoms with E-state index < -0.39 is 11.1 Å². The molecular formula is C11H18N4O3S. The van der Waals surface area contributed by atoms with Gasteiger partial charge < -0.3 is 9.45 Å². The number of aryl methyl sites for hydroxylation is 1. The number of aromatic nitrogens is 2. The highest BCUT2D eigenvalue weighted by Gasteiger charge is 2.21. The highest BCUT2D eigenvalue weighted by molar-refractivity contribution is 7.79. The number of carbonyl (C=O) groups excluding carboxylic acids is 1. The van der Waals surface area contributed by atoms with Crippen LogP contribution in [0.25, 0.3) is 0 Å². The van der Waals surface area contributed by atoms with Crippen molar-refractivity contribution in [2.45, 2.75) is 13.3 Å². The third kappa shape index (κ3) is 3.85. The van der Waals surface area contributed by atoms with Gasteiger partial charge in [-0.05, 0) is 18.9 Å². The Kier molecular flexibility index (Phi) is 4.67. The lowest BCUT2D eigenvalue weighted by Crippen LogP contribution is -2.38. The zero-order chi connectivity index (χ0) is 13.8. The van der Waals surface area contributed by atoms with Crippen LogP contribution in [0.3, 0.4) is 0 Å². The van der Waals surface area contributed by atoms with Gasteiger partial charge in [-0.25, -0.2) is 9.00 Å². The predicted octanol–water partition coefficient (Wildman–Crippen LogP) is 0.347. The Hall–Kier alpha value is -1.25. The highest BCUT2D eigenvalue weighted by Crippen LogP contribution is 2.06. The molecule has 19 heavy (non-hydrogen) atoms. The van der Waals surface area contributed by atoms with Crippen molar-refractivity contribution in [3.63, 3.8) is 0 Å². The maximum Gasteiger partial charge on any atom is 0.344 e. The molecule has 1 amide bonds. The Labute approximate surface area is 114 Å². The Morgan fingerprint density at radius 1 is 1.42 bits per heavy atom. The molecule has 0 radical (unpaired) electrons. The summed E-state index contributed by atoms with van der Waals surface area (Å²) in [6.45, 7) is 4.42. The average molecular weight is 286 g/mol. The molecule has 0 aromatic carbocycles. The zero-order valence-electron chi connectivity index (χ0n) is 10.9. The molecule has 1 aliphatic heterocycles. The van der Waals surface area contributed by atoms with Gasteiger partial charge in [0, 0.05) is 32.4 Å². The number of amides is 1. The first-order valence-electron chi connectivity index (χ1n) is 6.16. The van der Waals surface area contributed by atoms with Crippen LogP contribution in [0.4, 0.5) is 4.79 Å². The van der Waals surface area contributed by atoms with Gasteiger partial charge in [0.15, 0.2) is 11.1 Å². The van der Waals surface area contributed by atoms with Crippen LogP contribution in [-0.4, -0.2) is 66.4 Å². The molecule has 0 spiro atoms. The van der Waals surface area contributed by atoms with Crippen molar-refractivity contribution in [3.05, 3.63) is 18.0 Å². The van der Waals surface area contributed by atoms with Crippen LogP contribution in [0.5, 0.6) is 0 Å². The van der Waals surface area contributed by atoms with Crippen molar-refractivity contribution < 1.29 is 13.6 Å². The van der Waals surface area contributed by atoms with Gasteiger partial charge in [-0.3, -0.25) is 4.90 Å². The normalized spacial score (nSPS) is 19.2. The minimum Gasteiger partial charge on any atom is -0.322 e. The number of carbonyl (C=O) groups is 1. The fraction of sp³-hybridized carbons (Fsp3) is 0.636. The summed E-state index contributed by atoms with van der Waals surface area (Å²) in [4.78, 5) is 15.8. The first-order chi connectivity index (χ1) is 9.06. The van der Waals surface area contributed by atoms with Crippen molar-refractivity contribution in [2.24, 2.45) is 0 Å². The third-order valence-corrected chi connectivity index (χ3v) is 3.65. The van der Waals surface area contributed by atoms with E-state index in [0.29, 0.717) is 19.6 Å². The molecule has 1 atom stereocenters. The molecule has 7 nitrogen and oxygen atoms in total. The van der Waals surface area contributed by atoms with Crippen LogP contribution in [0, 0.1) is 6.92 Å². The summed E-state index contributed by atoms with van der Waals surface area (Å²) in [5, 5.41) is 4.01. The summed E-state index contributed by atoms with van der Waals surface area (Å²) in [6.07, 6.45) is 4.15. The van der Waals surface area contributed by atoms with Crippen LogP contribution in [-0.2, 0) is 11.1 Å². The van der Waals surface area contributed by atoms with E-state index in [4.69, 9.17) is 4.55 Å². The zero-order valence-corrected chi connectivity index (χ0v) is 11.7. The van der Waals surface area contributed by atoms with E-state index in [-0.39, 0.29) is 11.9 Å². The third-order valence-electron chi connectivity index (χ3n) is 3.06. The standard InChI is InChI=1S/C11H18N4O3S/c1-10-7-12-15(8-10)11(16)14-4-2-3-13(5-6-14)9-19(17)18/h7-8H,2-6,9H2,1H3,(H,17,18). The van der Waals surface area contributed by atoms with E-state index in [1.54, 1.807) is 17.3 Å². The van der Waals surface area contributed by atoms with Crippen LogP contribution >= 0.6 is 0 Å². The van der Waals surface area contributed by atoms with Crippen LogP contribution < -0.4 is 0 Å². The smallest absolute Gasteiger partial charge is 0.322 e. The molecule has 1 aliphatic rings. The minimum absolute atomic E-state index is 0.139. The predicted molar refractivity (Wildman–Crippen MR) is 71.2 cm³/mol. The topological polar surface area (TPSA) is 78.7 Å². The Bertz CT molecular complexity index is 476. The van der Waals surface area contributed by atoms with E-state index in [0.717, 1.165) is 18.5 Å². The van der Waals surface area contributed by atoms with Crippen LogP contribution in [0.2, 0.25) is 0 Å². The fourth-order valence-corrected chi connectivity index (χ4v) is 2.68. The van der Waals surface area contributed by atoms with Gasteiger partial charge in [0.25, 0.3) is 0 Å². The van der Waals surface area contributed by atoms with Gasteiger partial charge >= 0.3 is 6.03 Å². The van der Waals surface area contributed by atoms with Crippen molar-refractivity contribution in [1.29, 1.82) is 0 Å². The second-order valence-corrected chi connectivity index (χ2v) is 5.56. The largest absolute Gasteiger partial charge is 0.344 e. The molecule has 1 saturated heterocycles. The molecular weight excluding hydrogens is 268 g/mol. The lowest BCUT2D eigenvalue weighted by Gasteiger charge is -2.20. The minimum atomic E-state index is -1.82. The van der Waals surface area contributed by atoms with E-state index in [1.165, 1.54) is 4.68 Å². The number of rotatable bonds is 2. The quantitative estimate of drug-likeness (QED) is 0.794. The second kappa shape index (κ2) is 6.27. The maximum absolute atomic E-state index is 12.2. The van der Waals surface area contributed by atoms with Crippen molar-refractivity contribution in [1.82, 2.24) is 19.6 Å². The summed E-state index contributed by atoms with van der Waals surface area (Å²) < 4.78 is 21.0. The van der Waals surface area contributed by atoms with Crippen molar-refractivity contribution in [3.8, 4) is 0 Å². The molecule has 0 aliphatic carbocycles. The highest BCUT2D eigenvalue weighted by atomic mass is 32.2. The van der Waals surface area contributed by atoms with Gasteiger partial charge in [0.05, 0.1) is 6.20 Å². The summed E-state index contributed by atoms with van der Waals surface area (Å²) in [7, 11) is 0. The molecule has 0 saturated carbocycles. The molecule has 1 aromatic rings. The monoisotopic (exact) mass is 286 g/mol. The van der Waals surface area contributed by atoms with Gasteiger partial charge in [-0.1, -0.05) is 0 Å². The van der Waals surface area contributed by atoms with Crippen LogP contribution in [0.1, 0.15) is 12.0 Å². The second-order valence-electron chi connectivity index (χ2n) is 4.65. The Morgan fingerprint density at radius 3 is 2.84 bits per heavy atom. The first-order valence-corrected chi connectivity index (χ1v) is 7.44. The number of hydrogen-bond acceptors (Lipinski definition) is 4. The number of hydrogen-bond donors (Lipinski definition) is 1. The van der Waals surface area contributed by atoms with E-state index in [9.17, 15) is 9.00 Å². The molecule has 106 valence electrons. The average Bonchev–Trinajstić information content (AvgIpc) is 2.65. The number of nitrogens with zero attached hydrogens (tertiary/aromatic N) is 4. The molecule has 1 unspecified atom stereocenters. The van der Waals surface area contributed by atoms with Crippen molar-refractivity contribution >= 4 is 17.1 Å². The maximum atomic E-state index is 12.2. The molecule has 2 heterocycles. The Balaban J connectivity index is 1.95. The molecule has 8 heteroatoms. The summed E-state index contributed by atoms with van der Waals surface area (Å²) in [5.41, 5.74) is 0.945. The lowest BCUT2D eigenvalue weighted by atomic mass is 10.4. The van der Waals surface area contributed by atoms with Gasteiger partial charge in [0.2, 0.25) is 0 Å². The van der Waals surface area contributed by atoms with Crippen LogP contribution in [0.15, 0.2) is 12.4 Å². The summed E-state index contributed by atoms with van der Waals surface area (Å²) >= 11 is -1.82. The van der Waals surface area contributed by atoms with Crippen molar-refractivity contribution in [2.75, 3.05) is 32.1 Å². The molecule has 2 rings (SSSR count). The fourth-order valence-electron chi connectivity index (χ4n) is 2.11. The molecule has 1 N–H and O–H groups in total. The van der Waals surface area contributed by atoms with Gasteiger partial charge in [-0.15, -0.1) is 0 Å². The van der Waals surface area contributed by atoms with E-state index in [2.05, 4.69) is 5.10 Å². The first kappa shape index (κ1) is 14.2. The summed E-state index contributed by atoms with van der Waals surface area (Å²) in [6, 6.07) is -0.139. The summed E-state index contributed by atoms with van der Waals surface area (Å²) in [5.74, 6) is 0.142. The van der Waals surface area contributed by atoms with E-state index >= 15 is 0 Å². The molecule has 1 fully saturated rings. The Morgan fingerprint density at radius 2 is 2.21 bits per heavy atom. The molecule has 0 bridgehead atoms. The SMILES string of the molecule is Cc1cnn(C(=O)N2CCCN(CS(=O)O)CC2)c1.